The van der Waals surface area contributed by atoms with Crippen LogP contribution in [0.4, 0.5) is 0 Å². The van der Waals surface area contributed by atoms with E-state index in [9.17, 15) is 9.90 Å². The lowest BCUT2D eigenvalue weighted by Gasteiger charge is -2.08. The van der Waals surface area contributed by atoms with Crippen LogP contribution >= 0.6 is 23.2 Å². The molecule has 3 aromatic heterocycles. The molecule has 5 aromatic rings. The number of oxazole rings is 1. The Morgan fingerprint density at radius 1 is 1.06 bits per heavy atom. The normalized spacial score (nSPS) is 11.2. The molecule has 3 heterocycles. The molecule has 32 heavy (non-hydrogen) atoms. The number of ketones is 1. The predicted octanol–water partition coefficient (Wildman–Crippen LogP) is 5.98. The number of rotatable bonds is 5. The molecule has 0 saturated carbocycles. The van der Waals surface area contributed by atoms with Gasteiger partial charge in [-0.15, -0.1) is 0 Å². The summed E-state index contributed by atoms with van der Waals surface area (Å²) in [5.74, 6) is -0.0891. The fraction of sp³-hybridized carbons (Fsp3) is 0.0417. The first-order valence-electron chi connectivity index (χ1n) is 9.67. The van der Waals surface area contributed by atoms with E-state index in [0.717, 1.165) is 5.56 Å². The van der Waals surface area contributed by atoms with Crippen LogP contribution in [0.25, 0.3) is 22.4 Å². The lowest BCUT2D eigenvalue weighted by atomic mass is 10.1. The van der Waals surface area contributed by atoms with E-state index in [0.29, 0.717) is 28.0 Å². The molecule has 5 rings (SSSR count). The first-order chi connectivity index (χ1) is 15.5. The summed E-state index contributed by atoms with van der Waals surface area (Å²) in [6, 6.07) is 15.7. The average molecular weight is 464 g/mol. The maximum Gasteiger partial charge on any atom is 0.233 e. The molecular weight excluding hydrogens is 449 g/mol. The zero-order valence-corrected chi connectivity index (χ0v) is 18.0. The molecule has 2 aromatic carbocycles. The fourth-order valence-electron chi connectivity index (χ4n) is 3.62. The highest BCUT2D eigenvalue weighted by Crippen LogP contribution is 2.35. The van der Waals surface area contributed by atoms with Crippen LogP contribution in [0.15, 0.2) is 77.6 Å². The molecule has 1 N–H and O–H groups in total. The van der Waals surface area contributed by atoms with Crippen LogP contribution in [-0.2, 0) is 6.54 Å². The van der Waals surface area contributed by atoms with Crippen molar-refractivity contribution in [3.05, 3.63) is 100 Å². The fourth-order valence-corrected chi connectivity index (χ4v) is 4.18. The maximum absolute atomic E-state index is 13.4. The number of phenolic OH excluding ortho intramolecular Hbond substituents is 1. The minimum atomic E-state index is -0.432. The number of pyridine rings is 1. The van der Waals surface area contributed by atoms with Crippen molar-refractivity contribution < 1.29 is 14.3 Å². The summed E-state index contributed by atoms with van der Waals surface area (Å²) in [7, 11) is 0. The summed E-state index contributed by atoms with van der Waals surface area (Å²) < 4.78 is 7.51. The quantitative estimate of drug-likeness (QED) is 0.324. The first-order valence-corrected chi connectivity index (χ1v) is 10.4. The molecule has 0 saturated heterocycles. The van der Waals surface area contributed by atoms with Crippen LogP contribution in [0.2, 0.25) is 10.2 Å². The van der Waals surface area contributed by atoms with Crippen molar-refractivity contribution in [2.75, 3.05) is 0 Å². The Bertz CT molecular complexity index is 1460. The molecule has 158 valence electrons. The topological polar surface area (TPSA) is 81.2 Å². The number of hydrogen-bond acceptors (Lipinski definition) is 5. The van der Waals surface area contributed by atoms with Crippen molar-refractivity contribution in [3.63, 3.8) is 0 Å². The molecular formula is C24H15Cl2N3O3. The van der Waals surface area contributed by atoms with Crippen LogP contribution in [0, 0.1) is 0 Å². The largest absolute Gasteiger partial charge is 0.508 e. The summed E-state index contributed by atoms with van der Waals surface area (Å²) in [4.78, 5) is 21.7. The Labute approximate surface area is 192 Å². The van der Waals surface area contributed by atoms with Gasteiger partial charge in [-0.25, -0.2) is 4.98 Å². The van der Waals surface area contributed by atoms with E-state index in [1.54, 1.807) is 47.3 Å². The number of aromatic hydroxyl groups is 1. The molecule has 0 amide bonds. The standard InChI is InChI=1S/C24H15Cl2N3O3/c25-16-5-1-3-14(9-16)13-29-19-7-6-17(30)10-18(19)21(23(29)26)22(31)20-12-28-24(32-20)15-4-2-8-27-11-15/h1-12,30H,13H2. The van der Waals surface area contributed by atoms with Crippen molar-refractivity contribution >= 4 is 39.9 Å². The summed E-state index contributed by atoms with van der Waals surface area (Å²) in [6.45, 7) is 0.394. The Morgan fingerprint density at radius 2 is 1.94 bits per heavy atom. The third kappa shape index (κ3) is 3.64. The molecule has 0 radical (unpaired) electrons. The predicted molar refractivity (Wildman–Crippen MR) is 122 cm³/mol. The molecule has 0 aliphatic heterocycles. The van der Waals surface area contributed by atoms with Gasteiger partial charge in [-0.1, -0.05) is 35.3 Å². The van der Waals surface area contributed by atoms with Gasteiger partial charge < -0.3 is 14.1 Å². The molecule has 0 spiro atoms. The second-order valence-corrected chi connectivity index (χ2v) is 7.98. The Kier molecular flexibility index (Phi) is 5.17. The summed E-state index contributed by atoms with van der Waals surface area (Å²) in [5, 5.41) is 11.4. The molecule has 6 nitrogen and oxygen atoms in total. The Hall–Kier alpha value is -3.61. The second kappa shape index (κ2) is 8.15. The van der Waals surface area contributed by atoms with E-state index in [1.165, 1.54) is 12.3 Å². The molecule has 0 fully saturated rings. The van der Waals surface area contributed by atoms with E-state index < -0.39 is 5.78 Å². The zero-order valence-electron chi connectivity index (χ0n) is 16.5. The van der Waals surface area contributed by atoms with Gasteiger partial charge in [0.25, 0.3) is 0 Å². The van der Waals surface area contributed by atoms with Crippen LogP contribution in [0.1, 0.15) is 21.7 Å². The number of carbonyl (C=O) groups is 1. The van der Waals surface area contributed by atoms with Gasteiger partial charge in [-0.2, -0.15) is 0 Å². The minimum Gasteiger partial charge on any atom is -0.508 e. The monoisotopic (exact) mass is 463 g/mol. The molecule has 8 heteroatoms. The van der Waals surface area contributed by atoms with Gasteiger partial charge in [0.1, 0.15) is 10.9 Å². The van der Waals surface area contributed by atoms with Gasteiger partial charge in [-0.05, 0) is 48.0 Å². The highest BCUT2D eigenvalue weighted by molar-refractivity contribution is 6.37. The van der Waals surface area contributed by atoms with Crippen molar-refractivity contribution in [1.82, 2.24) is 14.5 Å². The summed E-state index contributed by atoms with van der Waals surface area (Å²) in [5.41, 5.74) is 2.50. The molecule has 0 aliphatic rings. The van der Waals surface area contributed by atoms with Gasteiger partial charge in [-0.3, -0.25) is 9.78 Å². The maximum atomic E-state index is 13.4. The summed E-state index contributed by atoms with van der Waals surface area (Å²) in [6.07, 6.45) is 4.60. The minimum absolute atomic E-state index is 0.0248. The Balaban J connectivity index is 1.61. The number of benzene rings is 2. The van der Waals surface area contributed by atoms with Crippen LogP contribution in [0.5, 0.6) is 5.75 Å². The van der Waals surface area contributed by atoms with E-state index >= 15 is 0 Å². The van der Waals surface area contributed by atoms with Crippen molar-refractivity contribution in [2.24, 2.45) is 0 Å². The lowest BCUT2D eigenvalue weighted by molar-refractivity contribution is 0.101. The van der Waals surface area contributed by atoms with Gasteiger partial charge in [0, 0.05) is 29.3 Å². The number of phenols is 1. The van der Waals surface area contributed by atoms with Gasteiger partial charge in [0.05, 0.1) is 22.8 Å². The molecule has 0 aliphatic carbocycles. The summed E-state index contributed by atoms with van der Waals surface area (Å²) >= 11 is 12.8. The lowest BCUT2D eigenvalue weighted by Crippen LogP contribution is -2.03. The van der Waals surface area contributed by atoms with Crippen molar-refractivity contribution in [1.29, 1.82) is 0 Å². The number of aromatic nitrogens is 3. The van der Waals surface area contributed by atoms with Crippen LogP contribution < -0.4 is 0 Å². The number of halogens is 2. The zero-order chi connectivity index (χ0) is 22.2. The van der Waals surface area contributed by atoms with Crippen LogP contribution in [0.3, 0.4) is 0 Å². The van der Waals surface area contributed by atoms with E-state index in [1.807, 2.05) is 18.2 Å². The molecule has 0 atom stereocenters. The SMILES string of the molecule is O=C(c1cnc(-c2cccnc2)o1)c1c(Cl)n(Cc2cccc(Cl)c2)c2ccc(O)cc12. The molecule has 0 unspecified atom stereocenters. The second-order valence-electron chi connectivity index (χ2n) is 7.18. The van der Waals surface area contributed by atoms with Gasteiger partial charge in [0.2, 0.25) is 11.7 Å². The Morgan fingerprint density at radius 3 is 2.72 bits per heavy atom. The highest BCUT2D eigenvalue weighted by Gasteiger charge is 2.26. The number of hydrogen-bond donors (Lipinski definition) is 1. The van der Waals surface area contributed by atoms with E-state index in [-0.39, 0.29) is 28.1 Å². The highest BCUT2D eigenvalue weighted by atomic mass is 35.5. The average Bonchev–Trinajstić information content (AvgIpc) is 3.38. The van der Waals surface area contributed by atoms with Gasteiger partial charge in [0.15, 0.2) is 5.76 Å². The van der Waals surface area contributed by atoms with E-state index in [4.69, 9.17) is 27.6 Å². The number of nitrogens with zero attached hydrogens (tertiary/aromatic N) is 3. The first kappa shape index (κ1) is 20.3. The van der Waals surface area contributed by atoms with Crippen molar-refractivity contribution in [3.8, 4) is 17.2 Å². The molecule has 0 bridgehead atoms. The van der Waals surface area contributed by atoms with Crippen molar-refractivity contribution in [2.45, 2.75) is 6.54 Å². The number of carbonyl (C=O) groups excluding carboxylic acids is 1. The van der Waals surface area contributed by atoms with Crippen LogP contribution in [-0.4, -0.2) is 25.4 Å². The smallest absolute Gasteiger partial charge is 0.233 e. The third-order valence-corrected chi connectivity index (χ3v) is 5.71. The van der Waals surface area contributed by atoms with Gasteiger partial charge >= 0.3 is 0 Å². The third-order valence-electron chi connectivity index (χ3n) is 5.08. The number of fused-ring (bicyclic) bond motifs is 1. The van der Waals surface area contributed by atoms with E-state index in [2.05, 4.69) is 9.97 Å².